The average molecular weight is 346 g/mol. The minimum atomic E-state index is -3.42. The molecule has 0 aliphatic heterocycles. The average Bonchev–Trinajstić information content (AvgIpc) is 2.61. The zero-order valence-corrected chi connectivity index (χ0v) is 14.9. The number of benzene rings is 2. The molecule has 0 heterocycles. The van der Waals surface area contributed by atoms with Crippen LogP contribution < -0.4 is 5.30 Å². The summed E-state index contributed by atoms with van der Waals surface area (Å²) in [6, 6.07) is 18.1. The largest absolute Gasteiger partial charge is 0.447 e. The lowest BCUT2D eigenvalue weighted by Gasteiger charge is -2.27. The first-order chi connectivity index (χ1) is 11.6. The van der Waals surface area contributed by atoms with Crippen molar-refractivity contribution in [2.24, 2.45) is 0 Å². The van der Waals surface area contributed by atoms with E-state index in [1.54, 1.807) is 43.3 Å². The lowest BCUT2D eigenvalue weighted by atomic mass is 10.2. The summed E-state index contributed by atoms with van der Waals surface area (Å²) >= 11 is 0. The molecule has 5 heteroatoms. The maximum Gasteiger partial charge on any atom is 0.306 e. The predicted octanol–water partition coefficient (Wildman–Crippen LogP) is 4.67. The minimum Gasteiger partial charge on any atom is -0.447 e. The van der Waals surface area contributed by atoms with Crippen molar-refractivity contribution in [3.05, 3.63) is 66.2 Å². The maximum absolute atomic E-state index is 13.8. The SMILES string of the molecule is CCCC(=O)OC(c1ccccc1)P(=O)(OCC)c1ccccc1. The summed E-state index contributed by atoms with van der Waals surface area (Å²) in [5, 5.41) is 0.546. The van der Waals surface area contributed by atoms with Crippen LogP contribution in [0.3, 0.4) is 0 Å². The van der Waals surface area contributed by atoms with Gasteiger partial charge in [-0.15, -0.1) is 0 Å². The van der Waals surface area contributed by atoms with Gasteiger partial charge in [-0.25, -0.2) is 0 Å². The van der Waals surface area contributed by atoms with E-state index in [2.05, 4.69) is 0 Å². The van der Waals surface area contributed by atoms with E-state index < -0.39 is 13.2 Å². The molecule has 0 amide bonds. The van der Waals surface area contributed by atoms with Crippen molar-refractivity contribution >= 4 is 18.6 Å². The van der Waals surface area contributed by atoms with Crippen LogP contribution >= 0.6 is 7.37 Å². The van der Waals surface area contributed by atoms with Crippen molar-refractivity contribution in [1.82, 2.24) is 0 Å². The Labute approximate surface area is 143 Å². The van der Waals surface area contributed by atoms with E-state index in [1.807, 2.05) is 31.2 Å². The summed E-state index contributed by atoms with van der Waals surface area (Å²) in [5.74, 6) is -1.32. The summed E-state index contributed by atoms with van der Waals surface area (Å²) < 4.78 is 25.1. The normalized spacial score (nSPS) is 14.6. The van der Waals surface area contributed by atoms with Crippen molar-refractivity contribution < 1.29 is 18.6 Å². The first-order valence-electron chi connectivity index (χ1n) is 8.16. The molecule has 2 aromatic carbocycles. The molecule has 2 rings (SSSR count). The molecular formula is C19H23O4P. The Hall–Kier alpha value is -1.90. The van der Waals surface area contributed by atoms with E-state index in [1.165, 1.54) is 0 Å². The highest BCUT2D eigenvalue weighted by atomic mass is 31.2. The van der Waals surface area contributed by atoms with Gasteiger partial charge in [0.1, 0.15) is 0 Å². The van der Waals surface area contributed by atoms with Crippen molar-refractivity contribution in [2.45, 2.75) is 32.5 Å². The van der Waals surface area contributed by atoms with Crippen LogP contribution in [0.1, 0.15) is 38.1 Å². The topological polar surface area (TPSA) is 52.6 Å². The molecule has 2 unspecified atom stereocenters. The van der Waals surface area contributed by atoms with E-state index in [0.29, 0.717) is 17.3 Å². The number of hydrogen-bond acceptors (Lipinski definition) is 4. The Balaban J connectivity index is 2.49. The van der Waals surface area contributed by atoms with Gasteiger partial charge in [-0.2, -0.15) is 0 Å². The third-order valence-electron chi connectivity index (χ3n) is 3.53. The van der Waals surface area contributed by atoms with Crippen molar-refractivity contribution in [1.29, 1.82) is 0 Å². The molecule has 0 aliphatic rings. The Kier molecular flexibility index (Phi) is 6.77. The van der Waals surface area contributed by atoms with Gasteiger partial charge < -0.3 is 9.26 Å². The smallest absolute Gasteiger partial charge is 0.306 e. The molecule has 0 saturated heterocycles. The summed E-state index contributed by atoms with van der Waals surface area (Å²) in [7, 11) is -3.42. The number of rotatable bonds is 8. The number of ether oxygens (including phenoxy) is 1. The van der Waals surface area contributed by atoms with Crippen LogP contribution in [0, 0.1) is 0 Å². The Morgan fingerprint density at radius 2 is 1.58 bits per heavy atom. The highest BCUT2D eigenvalue weighted by molar-refractivity contribution is 7.67. The van der Waals surface area contributed by atoms with Crippen LogP contribution in [0.5, 0.6) is 0 Å². The van der Waals surface area contributed by atoms with Gasteiger partial charge in [0, 0.05) is 17.3 Å². The van der Waals surface area contributed by atoms with Gasteiger partial charge in [-0.1, -0.05) is 55.5 Å². The number of hydrogen-bond donors (Lipinski definition) is 0. The fourth-order valence-electron chi connectivity index (χ4n) is 2.44. The molecular weight excluding hydrogens is 323 g/mol. The van der Waals surface area contributed by atoms with Crippen LogP contribution in [0.25, 0.3) is 0 Å². The maximum atomic E-state index is 13.8. The second-order valence-electron chi connectivity index (χ2n) is 5.35. The van der Waals surface area contributed by atoms with Gasteiger partial charge in [0.2, 0.25) is 5.85 Å². The Bertz CT molecular complexity index is 685. The zero-order chi connectivity index (χ0) is 17.4. The van der Waals surface area contributed by atoms with Crippen molar-refractivity contribution in [3.8, 4) is 0 Å². The van der Waals surface area contributed by atoms with Gasteiger partial charge in [0.15, 0.2) is 0 Å². The minimum absolute atomic E-state index is 0.265. The monoisotopic (exact) mass is 346 g/mol. The van der Waals surface area contributed by atoms with E-state index >= 15 is 0 Å². The fourth-order valence-corrected chi connectivity index (χ4v) is 4.79. The number of carbonyl (C=O) groups excluding carboxylic acids is 1. The second kappa shape index (κ2) is 8.81. The number of esters is 1. The summed E-state index contributed by atoms with van der Waals surface area (Å²) in [4.78, 5) is 12.1. The van der Waals surface area contributed by atoms with Crippen LogP contribution in [0.2, 0.25) is 0 Å². The van der Waals surface area contributed by atoms with Gasteiger partial charge in [-0.05, 0) is 25.5 Å². The van der Waals surface area contributed by atoms with E-state index in [4.69, 9.17) is 9.26 Å². The quantitative estimate of drug-likeness (QED) is 0.515. The van der Waals surface area contributed by atoms with E-state index in [-0.39, 0.29) is 19.0 Å². The third kappa shape index (κ3) is 4.34. The molecule has 0 radical (unpaired) electrons. The van der Waals surface area contributed by atoms with E-state index in [9.17, 15) is 9.36 Å². The molecule has 2 atom stereocenters. The molecule has 0 spiro atoms. The van der Waals surface area contributed by atoms with Gasteiger partial charge in [0.25, 0.3) is 7.37 Å². The fraction of sp³-hybridized carbons (Fsp3) is 0.316. The Morgan fingerprint density at radius 1 is 1.00 bits per heavy atom. The summed E-state index contributed by atoms with van der Waals surface area (Å²) in [6.45, 7) is 3.95. The highest BCUT2D eigenvalue weighted by Gasteiger charge is 2.40. The highest BCUT2D eigenvalue weighted by Crippen LogP contribution is 2.59. The Morgan fingerprint density at radius 3 is 2.12 bits per heavy atom. The predicted molar refractivity (Wildman–Crippen MR) is 95.5 cm³/mol. The van der Waals surface area contributed by atoms with Crippen LogP contribution in [-0.4, -0.2) is 12.6 Å². The number of carbonyl (C=O) groups is 1. The molecule has 2 aromatic rings. The van der Waals surface area contributed by atoms with Crippen LogP contribution in [0.15, 0.2) is 60.7 Å². The zero-order valence-electron chi connectivity index (χ0n) is 14.1. The third-order valence-corrected chi connectivity index (χ3v) is 6.21. The lowest BCUT2D eigenvalue weighted by molar-refractivity contribution is -0.146. The molecule has 0 bridgehead atoms. The summed E-state index contributed by atoms with van der Waals surface area (Å²) in [5.41, 5.74) is 0.669. The standard InChI is InChI=1S/C19H23O4P/c1-3-11-18(20)23-19(16-12-7-5-8-13-16)24(21,22-4-2)17-14-9-6-10-15-17/h5-10,12-15,19H,3-4,11H2,1-2H3. The molecule has 0 N–H and O–H groups in total. The summed E-state index contributed by atoms with van der Waals surface area (Å²) in [6.07, 6.45) is 0.953. The molecule has 4 nitrogen and oxygen atoms in total. The first-order valence-corrected chi connectivity index (χ1v) is 9.85. The van der Waals surface area contributed by atoms with Crippen molar-refractivity contribution in [2.75, 3.05) is 6.61 Å². The van der Waals surface area contributed by atoms with E-state index in [0.717, 1.165) is 0 Å². The van der Waals surface area contributed by atoms with Crippen LogP contribution in [0.4, 0.5) is 0 Å². The molecule has 24 heavy (non-hydrogen) atoms. The van der Waals surface area contributed by atoms with Gasteiger partial charge >= 0.3 is 5.97 Å². The van der Waals surface area contributed by atoms with Gasteiger partial charge in [0.05, 0.1) is 6.61 Å². The van der Waals surface area contributed by atoms with Gasteiger partial charge in [-0.3, -0.25) is 9.36 Å². The molecule has 0 saturated carbocycles. The molecule has 0 aromatic heterocycles. The van der Waals surface area contributed by atoms with Crippen molar-refractivity contribution in [3.63, 3.8) is 0 Å². The van der Waals surface area contributed by atoms with Crippen LogP contribution in [-0.2, 0) is 18.6 Å². The molecule has 0 fully saturated rings. The second-order valence-corrected chi connectivity index (χ2v) is 7.79. The first kappa shape index (κ1) is 18.4. The molecule has 0 aliphatic carbocycles. The lowest BCUT2D eigenvalue weighted by Crippen LogP contribution is -2.19. The molecule has 128 valence electrons.